The van der Waals surface area contributed by atoms with E-state index in [-0.39, 0.29) is 25.5 Å². The molecule has 1 atom stereocenters. The smallest absolute Gasteiger partial charge is 0.311 e. The van der Waals surface area contributed by atoms with Crippen LogP contribution in [0, 0.1) is 19.8 Å². The van der Waals surface area contributed by atoms with Crippen molar-refractivity contribution in [2.24, 2.45) is 5.92 Å². The van der Waals surface area contributed by atoms with Crippen LogP contribution in [-0.4, -0.2) is 35.8 Å². The Balaban J connectivity index is 1.51. The number of nitrogens with zero attached hydrogens (tertiary/aromatic N) is 1. The quantitative estimate of drug-likeness (QED) is 0.734. The molecule has 3 rings (SSSR count). The van der Waals surface area contributed by atoms with Crippen molar-refractivity contribution in [1.82, 2.24) is 4.90 Å². The number of hydrogen-bond donors (Lipinski definition) is 1. The van der Waals surface area contributed by atoms with Gasteiger partial charge < -0.3 is 15.0 Å². The second-order valence-electron chi connectivity index (χ2n) is 7.24. The molecule has 0 saturated carbocycles. The lowest BCUT2D eigenvalue weighted by atomic mass is 10.1. The van der Waals surface area contributed by atoms with Gasteiger partial charge in [-0.3, -0.25) is 14.4 Å². The molecule has 2 amide bonds. The molecular weight excluding hydrogens is 392 g/mol. The number of aryl methyl sites for hydroxylation is 2. The van der Waals surface area contributed by atoms with Crippen LogP contribution in [0.4, 0.5) is 5.69 Å². The number of ether oxygens (including phenoxy) is 1. The topological polar surface area (TPSA) is 75.7 Å². The van der Waals surface area contributed by atoms with Gasteiger partial charge in [0.15, 0.2) is 6.61 Å². The van der Waals surface area contributed by atoms with Crippen molar-refractivity contribution in [3.8, 4) is 0 Å². The summed E-state index contributed by atoms with van der Waals surface area (Å²) >= 11 is 6.15. The number of amides is 2. The number of anilines is 1. The monoisotopic (exact) mass is 414 g/mol. The minimum Gasteiger partial charge on any atom is -0.455 e. The SMILES string of the molecule is Cc1ccc(C)c(NC(=O)COC(=O)[C@@H]2CC(=O)N(Cc3ccccc3Cl)C2)c1. The number of nitrogens with one attached hydrogen (secondary N) is 1. The highest BCUT2D eigenvalue weighted by Crippen LogP contribution is 2.24. The molecule has 29 heavy (non-hydrogen) atoms. The normalized spacial score (nSPS) is 16.0. The first-order valence-electron chi connectivity index (χ1n) is 9.38. The minimum atomic E-state index is -0.585. The van der Waals surface area contributed by atoms with Crippen LogP contribution in [-0.2, 0) is 25.7 Å². The van der Waals surface area contributed by atoms with Crippen molar-refractivity contribution in [2.45, 2.75) is 26.8 Å². The fourth-order valence-corrected chi connectivity index (χ4v) is 3.42. The summed E-state index contributed by atoms with van der Waals surface area (Å²) < 4.78 is 5.14. The first-order chi connectivity index (χ1) is 13.8. The molecule has 1 fully saturated rings. The number of hydrogen-bond acceptors (Lipinski definition) is 4. The Morgan fingerprint density at radius 1 is 1.21 bits per heavy atom. The molecule has 1 aliphatic heterocycles. The molecule has 1 saturated heterocycles. The van der Waals surface area contributed by atoms with Gasteiger partial charge in [-0.1, -0.05) is 41.9 Å². The van der Waals surface area contributed by atoms with Gasteiger partial charge in [-0.05, 0) is 42.7 Å². The van der Waals surface area contributed by atoms with Gasteiger partial charge in [0.25, 0.3) is 5.91 Å². The molecule has 152 valence electrons. The molecular formula is C22H23ClN2O4. The summed E-state index contributed by atoms with van der Waals surface area (Å²) in [6, 6.07) is 13.0. The molecule has 0 unspecified atom stereocenters. The molecule has 0 aliphatic carbocycles. The summed E-state index contributed by atoms with van der Waals surface area (Å²) in [5.74, 6) is -1.68. The lowest BCUT2D eigenvalue weighted by Gasteiger charge is -2.17. The average Bonchev–Trinajstić information content (AvgIpc) is 3.05. The van der Waals surface area contributed by atoms with Crippen molar-refractivity contribution in [2.75, 3.05) is 18.5 Å². The molecule has 7 heteroatoms. The number of benzene rings is 2. The lowest BCUT2D eigenvalue weighted by molar-refractivity contribution is -0.151. The van der Waals surface area contributed by atoms with E-state index in [0.717, 1.165) is 16.7 Å². The Labute approximate surface area is 174 Å². The summed E-state index contributed by atoms with van der Waals surface area (Å²) in [7, 11) is 0. The number of carbonyl (C=O) groups excluding carboxylic acids is 3. The summed E-state index contributed by atoms with van der Waals surface area (Å²) in [6.07, 6.45) is 0.0713. The van der Waals surface area contributed by atoms with Gasteiger partial charge in [0, 0.05) is 30.2 Å². The Bertz CT molecular complexity index is 944. The molecule has 0 aromatic heterocycles. The maximum Gasteiger partial charge on any atom is 0.311 e. The van der Waals surface area contributed by atoms with Crippen LogP contribution in [0.5, 0.6) is 0 Å². The van der Waals surface area contributed by atoms with Gasteiger partial charge in [-0.25, -0.2) is 0 Å². The van der Waals surface area contributed by atoms with Crippen molar-refractivity contribution >= 4 is 35.1 Å². The van der Waals surface area contributed by atoms with E-state index in [4.69, 9.17) is 16.3 Å². The van der Waals surface area contributed by atoms with Crippen molar-refractivity contribution in [3.63, 3.8) is 0 Å². The van der Waals surface area contributed by atoms with Crippen LogP contribution >= 0.6 is 11.6 Å². The fourth-order valence-electron chi connectivity index (χ4n) is 3.23. The number of carbonyl (C=O) groups is 3. The second-order valence-corrected chi connectivity index (χ2v) is 7.65. The first kappa shape index (κ1) is 20.9. The highest BCUT2D eigenvalue weighted by molar-refractivity contribution is 6.31. The Morgan fingerprint density at radius 3 is 2.72 bits per heavy atom. The zero-order valence-corrected chi connectivity index (χ0v) is 17.2. The van der Waals surface area contributed by atoms with Crippen LogP contribution in [0.3, 0.4) is 0 Å². The van der Waals surface area contributed by atoms with Crippen molar-refractivity contribution in [3.05, 3.63) is 64.2 Å². The van der Waals surface area contributed by atoms with E-state index in [1.807, 2.05) is 50.2 Å². The molecule has 0 spiro atoms. The Hall–Kier alpha value is -2.86. The largest absolute Gasteiger partial charge is 0.455 e. The third-order valence-electron chi connectivity index (χ3n) is 4.88. The summed E-state index contributed by atoms with van der Waals surface area (Å²) in [6.45, 7) is 4.03. The van der Waals surface area contributed by atoms with Crippen LogP contribution in [0.2, 0.25) is 5.02 Å². The Kier molecular flexibility index (Phi) is 6.54. The van der Waals surface area contributed by atoms with E-state index < -0.39 is 17.8 Å². The van der Waals surface area contributed by atoms with Crippen molar-refractivity contribution < 1.29 is 19.1 Å². The molecule has 2 aromatic rings. The molecule has 6 nitrogen and oxygen atoms in total. The van der Waals surface area contributed by atoms with Crippen LogP contribution < -0.4 is 5.32 Å². The van der Waals surface area contributed by atoms with E-state index >= 15 is 0 Å². The van der Waals surface area contributed by atoms with Crippen LogP contribution in [0.25, 0.3) is 0 Å². The molecule has 2 aromatic carbocycles. The number of likely N-dealkylation sites (tertiary alicyclic amines) is 1. The molecule has 0 bridgehead atoms. The maximum atomic E-state index is 12.3. The summed E-state index contributed by atoms with van der Waals surface area (Å²) in [5, 5.41) is 3.32. The van der Waals surface area contributed by atoms with Crippen LogP contribution in [0.1, 0.15) is 23.1 Å². The van der Waals surface area contributed by atoms with Gasteiger partial charge >= 0.3 is 5.97 Å². The van der Waals surface area contributed by atoms with Gasteiger partial charge in [-0.2, -0.15) is 0 Å². The zero-order valence-electron chi connectivity index (χ0n) is 16.4. The van der Waals surface area contributed by atoms with Crippen LogP contribution in [0.15, 0.2) is 42.5 Å². The fraction of sp³-hybridized carbons (Fsp3) is 0.318. The molecule has 1 aliphatic rings. The lowest BCUT2D eigenvalue weighted by Crippen LogP contribution is -2.28. The van der Waals surface area contributed by atoms with E-state index in [2.05, 4.69) is 5.32 Å². The Morgan fingerprint density at radius 2 is 1.97 bits per heavy atom. The second kappa shape index (κ2) is 9.09. The number of rotatable bonds is 6. The summed E-state index contributed by atoms with van der Waals surface area (Å²) in [4.78, 5) is 38.3. The first-order valence-corrected chi connectivity index (χ1v) is 9.76. The van der Waals surface area contributed by atoms with Crippen molar-refractivity contribution in [1.29, 1.82) is 0 Å². The third kappa shape index (κ3) is 5.35. The highest BCUT2D eigenvalue weighted by atomic mass is 35.5. The number of halogens is 1. The molecule has 0 radical (unpaired) electrons. The van der Waals surface area contributed by atoms with Gasteiger partial charge in [-0.15, -0.1) is 0 Å². The standard InChI is InChI=1S/C22H23ClN2O4/c1-14-7-8-15(2)19(9-14)24-20(26)13-29-22(28)17-10-21(27)25(12-17)11-16-5-3-4-6-18(16)23/h3-9,17H,10-13H2,1-2H3,(H,24,26)/t17-/m1/s1. The van der Waals surface area contributed by atoms with Gasteiger partial charge in [0.2, 0.25) is 5.91 Å². The summed E-state index contributed by atoms with van der Waals surface area (Å²) in [5.41, 5.74) is 3.45. The maximum absolute atomic E-state index is 12.3. The minimum absolute atomic E-state index is 0.0713. The van der Waals surface area contributed by atoms with Gasteiger partial charge in [0.05, 0.1) is 5.92 Å². The van der Waals surface area contributed by atoms with E-state index in [0.29, 0.717) is 17.3 Å². The van der Waals surface area contributed by atoms with Gasteiger partial charge in [0.1, 0.15) is 0 Å². The highest BCUT2D eigenvalue weighted by Gasteiger charge is 2.35. The van der Waals surface area contributed by atoms with E-state index in [1.54, 1.807) is 11.0 Å². The predicted molar refractivity (Wildman–Crippen MR) is 110 cm³/mol. The van der Waals surface area contributed by atoms with E-state index in [9.17, 15) is 14.4 Å². The van der Waals surface area contributed by atoms with E-state index in [1.165, 1.54) is 0 Å². The zero-order chi connectivity index (χ0) is 21.0. The molecule has 1 N–H and O–H groups in total. The molecule has 1 heterocycles. The average molecular weight is 415 g/mol. The third-order valence-corrected chi connectivity index (χ3v) is 5.25. The predicted octanol–water partition coefficient (Wildman–Crippen LogP) is 3.49. The number of esters is 1.